The van der Waals surface area contributed by atoms with Crippen LogP contribution >= 0.6 is 0 Å². The molecular formula is C21H19FN2O2S. The predicted octanol–water partition coefficient (Wildman–Crippen LogP) is 3.86. The minimum Gasteiger partial charge on any atom is -0.612 e. The molecule has 0 amide bonds. The highest BCUT2D eigenvalue weighted by Crippen LogP contribution is 2.32. The standard InChI is InChI=1S/C21H19FN2O2S/c1-27(26)18-10-6-16(7-11-18)21-19(15-4-8-17(22)9-5-15)12-20(25)24(23-21)13-14-2-3-14/h4-12,14H,2-3,13H2,1H3. The van der Waals surface area contributed by atoms with Gasteiger partial charge in [-0.2, -0.15) is 5.10 Å². The minimum atomic E-state index is -1.06. The van der Waals surface area contributed by atoms with Crippen LogP contribution < -0.4 is 5.56 Å². The second-order valence-electron chi connectivity index (χ2n) is 6.86. The van der Waals surface area contributed by atoms with E-state index in [9.17, 15) is 13.7 Å². The molecule has 0 aliphatic heterocycles. The SMILES string of the molecule is C[S+]([O-])c1ccc(-c2nn(CC3CC3)c(=O)cc2-c2ccc(F)cc2)cc1. The molecule has 0 spiro atoms. The molecule has 4 rings (SSSR count). The number of hydrogen-bond donors (Lipinski definition) is 0. The molecule has 27 heavy (non-hydrogen) atoms. The third kappa shape index (κ3) is 3.96. The Kier molecular flexibility index (Phi) is 4.85. The van der Waals surface area contributed by atoms with Crippen molar-refractivity contribution in [1.29, 1.82) is 0 Å². The van der Waals surface area contributed by atoms with E-state index in [0.717, 1.165) is 28.9 Å². The van der Waals surface area contributed by atoms with Crippen molar-refractivity contribution in [3.8, 4) is 22.4 Å². The van der Waals surface area contributed by atoms with Gasteiger partial charge in [-0.15, -0.1) is 0 Å². The van der Waals surface area contributed by atoms with E-state index < -0.39 is 11.2 Å². The Balaban J connectivity index is 1.84. The maximum Gasteiger partial charge on any atom is 0.267 e. The predicted molar refractivity (Wildman–Crippen MR) is 104 cm³/mol. The Morgan fingerprint density at radius 1 is 1.11 bits per heavy atom. The number of hydrogen-bond acceptors (Lipinski definition) is 3. The number of halogens is 1. The number of nitrogens with zero attached hydrogens (tertiary/aromatic N) is 2. The molecule has 4 nitrogen and oxygen atoms in total. The van der Waals surface area contributed by atoms with Crippen LogP contribution in [-0.2, 0) is 17.7 Å². The zero-order valence-electron chi connectivity index (χ0n) is 14.9. The van der Waals surface area contributed by atoms with Crippen LogP contribution in [0.5, 0.6) is 0 Å². The monoisotopic (exact) mass is 382 g/mol. The summed E-state index contributed by atoms with van der Waals surface area (Å²) in [5, 5.41) is 4.63. The van der Waals surface area contributed by atoms with Gasteiger partial charge in [0.1, 0.15) is 12.1 Å². The smallest absolute Gasteiger partial charge is 0.267 e. The van der Waals surface area contributed by atoms with E-state index in [4.69, 9.17) is 0 Å². The summed E-state index contributed by atoms with van der Waals surface area (Å²) in [6.07, 6.45) is 3.88. The Morgan fingerprint density at radius 3 is 2.33 bits per heavy atom. The molecule has 1 aliphatic carbocycles. The summed E-state index contributed by atoms with van der Waals surface area (Å²) < 4.78 is 26.5. The third-order valence-electron chi connectivity index (χ3n) is 4.74. The fraction of sp³-hybridized carbons (Fsp3) is 0.238. The highest BCUT2D eigenvalue weighted by molar-refractivity contribution is 7.90. The lowest BCUT2D eigenvalue weighted by Crippen LogP contribution is -2.24. The molecule has 1 unspecified atom stereocenters. The number of aromatic nitrogens is 2. The van der Waals surface area contributed by atoms with Gasteiger partial charge < -0.3 is 4.55 Å². The topological polar surface area (TPSA) is 58.0 Å². The Bertz CT molecular complexity index is 1010. The molecule has 1 aliphatic rings. The lowest BCUT2D eigenvalue weighted by Gasteiger charge is -2.13. The van der Waals surface area contributed by atoms with Gasteiger partial charge in [-0.3, -0.25) is 4.79 Å². The maximum absolute atomic E-state index is 13.3. The molecule has 1 aromatic heterocycles. The van der Waals surface area contributed by atoms with Crippen LogP contribution in [0, 0.1) is 11.7 Å². The number of benzene rings is 2. The van der Waals surface area contributed by atoms with Crippen molar-refractivity contribution in [2.75, 3.05) is 6.26 Å². The van der Waals surface area contributed by atoms with E-state index >= 15 is 0 Å². The Hall–Kier alpha value is -2.44. The van der Waals surface area contributed by atoms with Gasteiger partial charge in [0.2, 0.25) is 0 Å². The van der Waals surface area contributed by atoms with E-state index in [0.29, 0.717) is 23.7 Å². The van der Waals surface area contributed by atoms with E-state index in [1.165, 1.54) is 16.8 Å². The van der Waals surface area contributed by atoms with Crippen molar-refractivity contribution in [2.24, 2.45) is 5.92 Å². The van der Waals surface area contributed by atoms with Gasteiger partial charge in [-0.05, 0) is 71.9 Å². The summed E-state index contributed by atoms with van der Waals surface area (Å²) in [6, 6.07) is 14.9. The van der Waals surface area contributed by atoms with Crippen LogP contribution in [0.2, 0.25) is 0 Å². The first kappa shape index (κ1) is 17.9. The second-order valence-corrected chi connectivity index (χ2v) is 8.24. The largest absolute Gasteiger partial charge is 0.612 e. The van der Waals surface area contributed by atoms with Gasteiger partial charge in [0.15, 0.2) is 4.90 Å². The first-order chi connectivity index (χ1) is 13.0. The minimum absolute atomic E-state index is 0.156. The lowest BCUT2D eigenvalue weighted by molar-refractivity contribution is 0.536. The van der Waals surface area contributed by atoms with E-state index in [1.54, 1.807) is 36.6 Å². The zero-order chi connectivity index (χ0) is 19.0. The van der Waals surface area contributed by atoms with Crippen LogP contribution in [0.15, 0.2) is 64.3 Å². The molecule has 1 atom stereocenters. The second kappa shape index (κ2) is 7.29. The Labute approximate surface area is 159 Å². The normalized spacial score (nSPS) is 14.9. The summed E-state index contributed by atoms with van der Waals surface area (Å²) in [4.78, 5) is 13.3. The van der Waals surface area contributed by atoms with Crippen molar-refractivity contribution in [3.05, 3.63) is 70.8 Å². The highest BCUT2D eigenvalue weighted by atomic mass is 32.2. The fourth-order valence-electron chi connectivity index (χ4n) is 3.03. The fourth-order valence-corrected chi connectivity index (χ4v) is 3.55. The van der Waals surface area contributed by atoms with Crippen LogP contribution in [0.3, 0.4) is 0 Å². The quantitative estimate of drug-likeness (QED) is 0.630. The summed E-state index contributed by atoms with van der Waals surface area (Å²) in [5.41, 5.74) is 2.73. The lowest BCUT2D eigenvalue weighted by atomic mass is 10.00. The van der Waals surface area contributed by atoms with Crippen LogP contribution in [0.1, 0.15) is 12.8 Å². The zero-order valence-corrected chi connectivity index (χ0v) is 15.7. The van der Waals surface area contributed by atoms with Gasteiger partial charge in [0.25, 0.3) is 5.56 Å². The summed E-state index contributed by atoms with van der Waals surface area (Å²) >= 11 is -1.06. The van der Waals surface area contributed by atoms with Crippen molar-refractivity contribution in [2.45, 2.75) is 24.3 Å². The van der Waals surface area contributed by atoms with Gasteiger partial charge in [0, 0.05) is 23.7 Å². The van der Waals surface area contributed by atoms with Gasteiger partial charge in [0.05, 0.1) is 5.69 Å². The molecule has 0 bridgehead atoms. The third-order valence-corrected chi connectivity index (χ3v) is 5.68. The molecule has 6 heteroatoms. The van der Waals surface area contributed by atoms with Crippen molar-refractivity contribution in [1.82, 2.24) is 9.78 Å². The van der Waals surface area contributed by atoms with Crippen molar-refractivity contribution in [3.63, 3.8) is 0 Å². The molecule has 1 saturated carbocycles. The van der Waals surface area contributed by atoms with Crippen LogP contribution in [0.25, 0.3) is 22.4 Å². The molecule has 0 saturated heterocycles. The van der Waals surface area contributed by atoms with Crippen molar-refractivity contribution < 1.29 is 8.94 Å². The van der Waals surface area contributed by atoms with Gasteiger partial charge in [-0.25, -0.2) is 9.07 Å². The van der Waals surface area contributed by atoms with Crippen LogP contribution in [0.4, 0.5) is 4.39 Å². The first-order valence-electron chi connectivity index (χ1n) is 8.83. The van der Waals surface area contributed by atoms with E-state index in [-0.39, 0.29) is 11.4 Å². The molecule has 0 radical (unpaired) electrons. The van der Waals surface area contributed by atoms with Crippen molar-refractivity contribution >= 4 is 11.2 Å². The van der Waals surface area contributed by atoms with E-state index in [2.05, 4.69) is 5.10 Å². The first-order valence-corrected chi connectivity index (χ1v) is 10.4. The molecule has 0 N–H and O–H groups in total. The van der Waals surface area contributed by atoms with Crippen LogP contribution in [-0.4, -0.2) is 20.6 Å². The number of rotatable bonds is 5. The molecule has 3 aromatic rings. The summed E-state index contributed by atoms with van der Waals surface area (Å²) in [6.45, 7) is 0.618. The summed E-state index contributed by atoms with van der Waals surface area (Å²) in [7, 11) is 0. The molecule has 1 fully saturated rings. The molecule has 138 valence electrons. The average Bonchev–Trinajstić information content (AvgIpc) is 3.48. The Morgan fingerprint density at radius 2 is 1.74 bits per heavy atom. The van der Waals surface area contributed by atoms with E-state index in [1.807, 2.05) is 12.1 Å². The highest BCUT2D eigenvalue weighted by Gasteiger charge is 2.23. The van der Waals surface area contributed by atoms with Gasteiger partial charge in [-0.1, -0.05) is 12.1 Å². The molecule has 1 heterocycles. The molecular weight excluding hydrogens is 363 g/mol. The van der Waals surface area contributed by atoms with Gasteiger partial charge >= 0.3 is 0 Å². The average molecular weight is 382 g/mol. The summed E-state index contributed by atoms with van der Waals surface area (Å²) in [5.74, 6) is 0.190. The molecule has 2 aromatic carbocycles. The maximum atomic E-state index is 13.3.